The van der Waals surface area contributed by atoms with Crippen LogP contribution in [-0.2, 0) is 0 Å². The van der Waals surface area contributed by atoms with Gasteiger partial charge in [0.15, 0.2) is 0 Å². The highest BCUT2D eigenvalue weighted by atomic mass is 127. The van der Waals surface area contributed by atoms with Crippen molar-refractivity contribution in [2.75, 3.05) is 6.54 Å². The first-order valence-electron chi connectivity index (χ1n) is 7.38. The van der Waals surface area contributed by atoms with Crippen molar-refractivity contribution >= 4 is 22.6 Å². The fourth-order valence-electron chi connectivity index (χ4n) is 3.21. The van der Waals surface area contributed by atoms with E-state index in [0.717, 1.165) is 6.54 Å². The van der Waals surface area contributed by atoms with Crippen LogP contribution in [0.1, 0.15) is 51.1 Å². The first-order chi connectivity index (χ1) is 9.11. The van der Waals surface area contributed by atoms with E-state index < -0.39 is 0 Å². The van der Waals surface area contributed by atoms with Gasteiger partial charge in [-0.15, -0.1) is 0 Å². The van der Waals surface area contributed by atoms with Crippen LogP contribution in [0.25, 0.3) is 0 Å². The van der Waals surface area contributed by atoms with Gasteiger partial charge in [0, 0.05) is 21.7 Å². The second-order valence-electron chi connectivity index (χ2n) is 5.63. The van der Waals surface area contributed by atoms with Crippen LogP contribution < -0.4 is 5.73 Å². The smallest absolute Gasteiger partial charge is 0.0322 e. The largest absolute Gasteiger partial charge is 0.328 e. The van der Waals surface area contributed by atoms with Gasteiger partial charge in [0.1, 0.15) is 0 Å². The Hall–Kier alpha value is -0.130. The summed E-state index contributed by atoms with van der Waals surface area (Å²) in [7, 11) is 0. The van der Waals surface area contributed by atoms with Crippen LogP contribution in [0.4, 0.5) is 0 Å². The normalized spacial score (nSPS) is 25.5. The number of halogens is 1. The molecular formula is C16H25IN2. The molecule has 1 saturated carbocycles. The van der Waals surface area contributed by atoms with Crippen LogP contribution in [0.5, 0.6) is 0 Å². The van der Waals surface area contributed by atoms with E-state index in [2.05, 4.69) is 65.6 Å². The van der Waals surface area contributed by atoms with Crippen molar-refractivity contribution in [2.45, 2.75) is 57.7 Å². The predicted octanol–water partition coefficient (Wildman–Crippen LogP) is 3.94. The van der Waals surface area contributed by atoms with Crippen molar-refractivity contribution in [2.24, 2.45) is 5.73 Å². The van der Waals surface area contributed by atoms with Gasteiger partial charge in [-0.05, 0) is 79.4 Å². The molecule has 3 heteroatoms. The fourth-order valence-corrected chi connectivity index (χ4v) is 3.57. The summed E-state index contributed by atoms with van der Waals surface area (Å²) in [4.78, 5) is 2.65. The number of benzene rings is 1. The molecule has 1 fully saturated rings. The molecule has 0 aromatic heterocycles. The summed E-state index contributed by atoms with van der Waals surface area (Å²) in [6.45, 7) is 5.73. The third-order valence-electron chi connectivity index (χ3n) is 4.43. The van der Waals surface area contributed by atoms with Gasteiger partial charge in [0.25, 0.3) is 0 Å². The molecule has 0 radical (unpaired) electrons. The summed E-state index contributed by atoms with van der Waals surface area (Å²) in [6, 6.07) is 10.6. The Morgan fingerprint density at radius 1 is 1.21 bits per heavy atom. The Morgan fingerprint density at radius 2 is 1.79 bits per heavy atom. The standard InChI is InChI=1S/C16H25IN2/c1-3-19(16-10-8-15(18)9-11-16)12(2)13-4-6-14(17)7-5-13/h4-7,12,15-16H,3,8-11,18H2,1-2H3. The van der Waals surface area contributed by atoms with E-state index in [1.165, 1.54) is 34.8 Å². The molecule has 1 aliphatic rings. The minimum Gasteiger partial charge on any atom is -0.328 e. The zero-order valence-electron chi connectivity index (χ0n) is 12.0. The molecule has 1 aromatic rings. The number of rotatable bonds is 4. The summed E-state index contributed by atoms with van der Waals surface area (Å²) in [5, 5.41) is 0. The van der Waals surface area contributed by atoms with E-state index in [-0.39, 0.29) is 0 Å². The van der Waals surface area contributed by atoms with Gasteiger partial charge in [0.05, 0.1) is 0 Å². The molecule has 106 valence electrons. The molecule has 1 aliphatic carbocycles. The van der Waals surface area contributed by atoms with Crippen molar-refractivity contribution in [3.63, 3.8) is 0 Å². The van der Waals surface area contributed by atoms with Gasteiger partial charge in [-0.25, -0.2) is 0 Å². The van der Waals surface area contributed by atoms with Crippen LogP contribution in [0.2, 0.25) is 0 Å². The monoisotopic (exact) mass is 372 g/mol. The molecule has 2 N–H and O–H groups in total. The van der Waals surface area contributed by atoms with Gasteiger partial charge in [-0.2, -0.15) is 0 Å². The molecule has 2 nitrogen and oxygen atoms in total. The minimum atomic E-state index is 0.434. The fraction of sp³-hybridized carbons (Fsp3) is 0.625. The van der Waals surface area contributed by atoms with Gasteiger partial charge in [-0.3, -0.25) is 4.90 Å². The van der Waals surface area contributed by atoms with Crippen LogP contribution in [-0.4, -0.2) is 23.5 Å². The Morgan fingerprint density at radius 3 is 2.32 bits per heavy atom. The van der Waals surface area contributed by atoms with Crippen LogP contribution >= 0.6 is 22.6 Å². The van der Waals surface area contributed by atoms with E-state index in [0.29, 0.717) is 18.1 Å². The van der Waals surface area contributed by atoms with Crippen molar-refractivity contribution in [1.29, 1.82) is 0 Å². The highest BCUT2D eigenvalue weighted by molar-refractivity contribution is 14.1. The Bertz CT molecular complexity index is 382. The number of hydrogen-bond acceptors (Lipinski definition) is 2. The molecule has 0 bridgehead atoms. The highest BCUT2D eigenvalue weighted by Crippen LogP contribution is 2.29. The molecule has 0 amide bonds. The van der Waals surface area contributed by atoms with E-state index in [9.17, 15) is 0 Å². The molecule has 1 unspecified atom stereocenters. The molecule has 0 saturated heterocycles. The predicted molar refractivity (Wildman–Crippen MR) is 90.2 cm³/mol. The zero-order chi connectivity index (χ0) is 13.8. The van der Waals surface area contributed by atoms with E-state index in [1.54, 1.807) is 0 Å². The SMILES string of the molecule is CCN(C1CCC(N)CC1)C(C)c1ccc(I)cc1. The molecular weight excluding hydrogens is 347 g/mol. The maximum Gasteiger partial charge on any atom is 0.0322 e. The number of hydrogen-bond donors (Lipinski definition) is 1. The van der Waals surface area contributed by atoms with Crippen LogP contribution in [0, 0.1) is 3.57 Å². The Labute approximate surface area is 130 Å². The molecule has 0 aliphatic heterocycles. The average Bonchev–Trinajstić information content (AvgIpc) is 2.42. The van der Waals surface area contributed by atoms with Crippen LogP contribution in [0.3, 0.4) is 0 Å². The Kier molecular flexibility index (Phi) is 5.66. The van der Waals surface area contributed by atoms with Crippen molar-refractivity contribution in [3.8, 4) is 0 Å². The van der Waals surface area contributed by atoms with Crippen molar-refractivity contribution in [3.05, 3.63) is 33.4 Å². The van der Waals surface area contributed by atoms with Gasteiger partial charge < -0.3 is 5.73 Å². The highest BCUT2D eigenvalue weighted by Gasteiger charge is 2.26. The lowest BCUT2D eigenvalue weighted by Gasteiger charge is -2.39. The van der Waals surface area contributed by atoms with Gasteiger partial charge in [0.2, 0.25) is 0 Å². The maximum absolute atomic E-state index is 6.02. The lowest BCUT2D eigenvalue weighted by atomic mass is 9.89. The maximum atomic E-state index is 6.02. The van der Waals surface area contributed by atoms with Gasteiger partial charge in [-0.1, -0.05) is 19.1 Å². The quantitative estimate of drug-likeness (QED) is 0.812. The average molecular weight is 372 g/mol. The Balaban J connectivity index is 2.06. The van der Waals surface area contributed by atoms with Crippen molar-refractivity contribution < 1.29 is 0 Å². The van der Waals surface area contributed by atoms with E-state index in [4.69, 9.17) is 5.73 Å². The molecule has 1 atom stereocenters. The second-order valence-corrected chi connectivity index (χ2v) is 6.87. The summed E-state index contributed by atoms with van der Waals surface area (Å²) < 4.78 is 1.31. The summed E-state index contributed by atoms with van der Waals surface area (Å²) >= 11 is 2.36. The zero-order valence-corrected chi connectivity index (χ0v) is 14.1. The third kappa shape index (κ3) is 3.92. The lowest BCUT2D eigenvalue weighted by Crippen LogP contribution is -2.42. The summed E-state index contributed by atoms with van der Waals surface area (Å²) in [5.41, 5.74) is 7.45. The van der Waals surface area contributed by atoms with Gasteiger partial charge >= 0.3 is 0 Å². The molecule has 2 rings (SSSR count). The number of nitrogens with two attached hydrogens (primary N) is 1. The molecule has 1 aromatic carbocycles. The first kappa shape index (κ1) is 15.3. The lowest BCUT2D eigenvalue weighted by molar-refractivity contribution is 0.114. The molecule has 19 heavy (non-hydrogen) atoms. The summed E-state index contributed by atoms with van der Waals surface area (Å²) in [6.07, 6.45) is 4.87. The molecule has 0 spiro atoms. The van der Waals surface area contributed by atoms with E-state index >= 15 is 0 Å². The van der Waals surface area contributed by atoms with Crippen molar-refractivity contribution in [1.82, 2.24) is 4.90 Å². The summed E-state index contributed by atoms with van der Waals surface area (Å²) in [5.74, 6) is 0. The third-order valence-corrected chi connectivity index (χ3v) is 5.14. The first-order valence-corrected chi connectivity index (χ1v) is 8.46. The topological polar surface area (TPSA) is 29.3 Å². The minimum absolute atomic E-state index is 0.434. The van der Waals surface area contributed by atoms with E-state index in [1.807, 2.05) is 0 Å². The van der Waals surface area contributed by atoms with Crippen LogP contribution in [0.15, 0.2) is 24.3 Å². The number of nitrogens with zero attached hydrogens (tertiary/aromatic N) is 1. The second kappa shape index (κ2) is 7.04. The molecule has 0 heterocycles.